The maximum absolute atomic E-state index is 11.9. The van der Waals surface area contributed by atoms with Crippen molar-refractivity contribution in [1.82, 2.24) is 15.1 Å². The van der Waals surface area contributed by atoms with Crippen molar-refractivity contribution in [3.05, 3.63) is 35.9 Å². The summed E-state index contributed by atoms with van der Waals surface area (Å²) in [5.74, 6) is 1.38. The van der Waals surface area contributed by atoms with Crippen LogP contribution in [-0.4, -0.2) is 60.8 Å². The molecule has 1 aromatic carbocycles. The first-order valence-corrected chi connectivity index (χ1v) is 9.50. The molecule has 27 heavy (non-hydrogen) atoms. The number of hydrogen-bond acceptors (Lipinski definition) is 3. The van der Waals surface area contributed by atoms with Crippen molar-refractivity contribution in [1.29, 1.82) is 0 Å². The van der Waals surface area contributed by atoms with Gasteiger partial charge in [-0.1, -0.05) is 30.3 Å². The molecule has 148 valence electrons. The van der Waals surface area contributed by atoms with Gasteiger partial charge in [0.2, 0.25) is 11.8 Å². The number of amides is 2. The van der Waals surface area contributed by atoms with Crippen molar-refractivity contribution in [3.8, 4) is 0 Å². The fourth-order valence-electron chi connectivity index (χ4n) is 3.80. The Morgan fingerprint density at radius 1 is 1.19 bits per heavy atom. The number of benzene rings is 1. The minimum atomic E-state index is -0.0536. The van der Waals surface area contributed by atoms with E-state index in [0.29, 0.717) is 38.3 Å². The summed E-state index contributed by atoms with van der Waals surface area (Å²) in [5, 5.41) is 3.31. The molecule has 1 unspecified atom stereocenters. The number of halogens is 1. The predicted octanol–water partition coefficient (Wildman–Crippen LogP) is 2.28. The van der Waals surface area contributed by atoms with Gasteiger partial charge in [-0.2, -0.15) is 0 Å². The molecule has 1 aromatic rings. The van der Waals surface area contributed by atoms with Crippen LogP contribution in [-0.2, 0) is 16.0 Å². The topological polar surface area (TPSA) is 65.0 Å². The van der Waals surface area contributed by atoms with Gasteiger partial charge in [-0.15, -0.1) is 24.0 Å². The number of nitrogens with one attached hydrogen (secondary N) is 1. The van der Waals surface area contributed by atoms with Crippen LogP contribution in [0.3, 0.4) is 0 Å². The van der Waals surface area contributed by atoms with Crippen LogP contribution in [0.5, 0.6) is 0 Å². The van der Waals surface area contributed by atoms with Crippen LogP contribution in [0.2, 0.25) is 0 Å². The molecule has 6 nitrogen and oxygen atoms in total. The summed E-state index contributed by atoms with van der Waals surface area (Å²) >= 11 is 0. The average molecular weight is 484 g/mol. The lowest BCUT2D eigenvalue weighted by molar-refractivity contribution is -0.147. The first kappa shape index (κ1) is 21.7. The summed E-state index contributed by atoms with van der Waals surface area (Å²) in [6.07, 6.45) is 3.88. The Morgan fingerprint density at radius 3 is 2.56 bits per heavy atom. The lowest BCUT2D eigenvalue weighted by Gasteiger charge is -2.26. The van der Waals surface area contributed by atoms with Crippen molar-refractivity contribution in [3.63, 3.8) is 0 Å². The highest BCUT2D eigenvalue weighted by Crippen LogP contribution is 2.20. The third kappa shape index (κ3) is 5.92. The summed E-state index contributed by atoms with van der Waals surface area (Å²) in [6, 6.07) is 10.6. The highest BCUT2D eigenvalue weighted by Gasteiger charge is 2.27. The van der Waals surface area contributed by atoms with Gasteiger partial charge in [0.15, 0.2) is 5.96 Å². The molecule has 2 aliphatic heterocycles. The summed E-state index contributed by atoms with van der Waals surface area (Å²) in [7, 11) is 1.78. The van der Waals surface area contributed by atoms with Gasteiger partial charge in [0.05, 0.1) is 0 Å². The average Bonchev–Trinajstić information content (AvgIpc) is 3.10. The quantitative estimate of drug-likeness (QED) is 0.302. The summed E-state index contributed by atoms with van der Waals surface area (Å²) in [5.41, 5.74) is 1.38. The van der Waals surface area contributed by atoms with Crippen LogP contribution in [0.25, 0.3) is 0 Å². The molecular formula is C20H29IN4O2. The van der Waals surface area contributed by atoms with E-state index in [1.165, 1.54) is 10.5 Å². The second-order valence-electron chi connectivity index (χ2n) is 7.06. The molecule has 2 amide bonds. The summed E-state index contributed by atoms with van der Waals surface area (Å²) in [4.78, 5) is 31.7. The van der Waals surface area contributed by atoms with E-state index in [0.717, 1.165) is 31.9 Å². The summed E-state index contributed by atoms with van der Waals surface area (Å²) in [6.45, 7) is 2.93. The van der Waals surface area contributed by atoms with Crippen LogP contribution in [0.1, 0.15) is 31.2 Å². The molecule has 2 aliphatic rings. The number of carbonyl (C=O) groups is 2. The number of piperidine rings is 1. The zero-order valence-corrected chi connectivity index (χ0v) is 18.2. The molecule has 0 saturated carbocycles. The largest absolute Gasteiger partial charge is 0.354 e. The van der Waals surface area contributed by atoms with Crippen LogP contribution >= 0.6 is 24.0 Å². The van der Waals surface area contributed by atoms with Gasteiger partial charge in [-0.3, -0.25) is 19.5 Å². The van der Waals surface area contributed by atoms with E-state index in [-0.39, 0.29) is 35.8 Å². The molecule has 3 rings (SSSR count). The van der Waals surface area contributed by atoms with E-state index in [1.54, 1.807) is 7.05 Å². The molecule has 2 fully saturated rings. The minimum absolute atomic E-state index is 0. The maximum atomic E-state index is 11.9. The number of aliphatic imine (C=N–C) groups is 1. The van der Waals surface area contributed by atoms with Crippen molar-refractivity contribution < 1.29 is 9.59 Å². The molecule has 1 N–H and O–H groups in total. The van der Waals surface area contributed by atoms with Gasteiger partial charge in [-0.05, 0) is 30.7 Å². The van der Waals surface area contributed by atoms with Crippen molar-refractivity contribution in [2.24, 2.45) is 10.9 Å². The van der Waals surface area contributed by atoms with Crippen LogP contribution in [0, 0.1) is 5.92 Å². The molecule has 0 aliphatic carbocycles. The molecule has 1 atom stereocenters. The number of hydrogen-bond donors (Lipinski definition) is 1. The highest BCUT2D eigenvalue weighted by atomic mass is 127. The molecule has 7 heteroatoms. The van der Waals surface area contributed by atoms with E-state index in [4.69, 9.17) is 0 Å². The van der Waals surface area contributed by atoms with Crippen molar-refractivity contribution in [2.75, 3.05) is 33.2 Å². The van der Waals surface area contributed by atoms with Gasteiger partial charge in [0.1, 0.15) is 0 Å². The number of guanidine groups is 1. The van der Waals surface area contributed by atoms with Gasteiger partial charge in [-0.25, -0.2) is 0 Å². The zero-order valence-electron chi connectivity index (χ0n) is 15.9. The number of nitrogens with zero attached hydrogens (tertiary/aromatic N) is 3. The first-order chi connectivity index (χ1) is 12.7. The fraction of sp³-hybridized carbons (Fsp3) is 0.550. The summed E-state index contributed by atoms with van der Waals surface area (Å²) < 4.78 is 0. The molecule has 0 radical (unpaired) electrons. The Bertz CT molecular complexity index is 649. The molecule has 0 bridgehead atoms. The van der Waals surface area contributed by atoms with Crippen molar-refractivity contribution >= 4 is 41.8 Å². The van der Waals surface area contributed by atoms with Crippen LogP contribution < -0.4 is 5.32 Å². The lowest BCUT2D eigenvalue weighted by Crippen LogP contribution is -2.47. The number of likely N-dealkylation sites (tertiary alicyclic amines) is 2. The van der Waals surface area contributed by atoms with Crippen LogP contribution in [0.15, 0.2) is 35.3 Å². The number of carbonyl (C=O) groups excluding carboxylic acids is 2. The highest BCUT2D eigenvalue weighted by molar-refractivity contribution is 14.0. The third-order valence-corrected chi connectivity index (χ3v) is 5.17. The van der Waals surface area contributed by atoms with E-state index in [1.807, 2.05) is 6.07 Å². The van der Waals surface area contributed by atoms with Crippen LogP contribution in [0.4, 0.5) is 0 Å². The second-order valence-corrected chi connectivity index (χ2v) is 7.06. The normalized spacial score (nSPS) is 20.6. The molecule has 0 aromatic heterocycles. The van der Waals surface area contributed by atoms with E-state index >= 15 is 0 Å². The fourth-order valence-corrected chi connectivity index (χ4v) is 3.80. The standard InChI is InChI=1S/C20H28N4O2.HI/c1-21-20(22-11-13-24-18(25)8-5-9-19(24)26)23-12-10-17(15-23)14-16-6-3-2-4-7-16;/h2-4,6-7,17H,5,8-15H2,1H3,(H,21,22);1H. The van der Waals surface area contributed by atoms with Gasteiger partial charge >= 0.3 is 0 Å². The second kappa shape index (κ2) is 10.6. The number of imide groups is 1. The van der Waals surface area contributed by atoms with Gasteiger partial charge in [0, 0.05) is 46.1 Å². The first-order valence-electron chi connectivity index (χ1n) is 9.50. The maximum Gasteiger partial charge on any atom is 0.229 e. The third-order valence-electron chi connectivity index (χ3n) is 5.17. The molecule has 2 saturated heterocycles. The Kier molecular flexibility index (Phi) is 8.53. The SMILES string of the molecule is CN=C(NCCN1C(=O)CCCC1=O)N1CCC(Cc2ccccc2)C1.I. The Labute approximate surface area is 178 Å². The van der Waals surface area contributed by atoms with Crippen molar-refractivity contribution in [2.45, 2.75) is 32.1 Å². The Morgan fingerprint density at radius 2 is 1.89 bits per heavy atom. The molecular weight excluding hydrogens is 455 g/mol. The van der Waals surface area contributed by atoms with Gasteiger partial charge in [0.25, 0.3) is 0 Å². The molecule has 0 spiro atoms. The zero-order chi connectivity index (χ0) is 18.4. The monoisotopic (exact) mass is 484 g/mol. The smallest absolute Gasteiger partial charge is 0.229 e. The lowest BCUT2D eigenvalue weighted by atomic mass is 9.99. The Balaban J connectivity index is 0.00000261. The predicted molar refractivity (Wildman–Crippen MR) is 117 cm³/mol. The van der Waals surface area contributed by atoms with Gasteiger partial charge < -0.3 is 10.2 Å². The van der Waals surface area contributed by atoms with E-state index < -0.39 is 0 Å². The number of rotatable bonds is 5. The Hall–Kier alpha value is -1.64. The van der Waals surface area contributed by atoms with E-state index in [9.17, 15) is 9.59 Å². The molecule has 2 heterocycles. The minimum Gasteiger partial charge on any atom is -0.354 e. The van der Waals surface area contributed by atoms with E-state index in [2.05, 4.69) is 39.5 Å².